The average Bonchev–Trinajstić information content (AvgIpc) is 3.01. The van der Waals surface area contributed by atoms with E-state index < -0.39 is 25.6 Å². The molecule has 27 heavy (non-hydrogen) atoms. The fraction of sp³-hybridized carbons (Fsp3) is 0.636. The molecule has 0 spiro atoms. The zero-order valence-electron chi connectivity index (χ0n) is 17.4. The molecule has 0 bridgehead atoms. The molecule has 1 aromatic rings. The maximum absolute atomic E-state index is 14.7. The highest BCUT2D eigenvalue weighted by atomic mass is 28.3. The van der Waals surface area contributed by atoms with Crippen molar-refractivity contribution in [3.8, 4) is 11.5 Å². The lowest BCUT2D eigenvalue weighted by atomic mass is 9.77. The van der Waals surface area contributed by atoms with Gasteiger partial charge in [-0.15, -0.1) is 5.54 Å². The summed E-state index contributed by atoms with van der Waals surface area (Å²) in [7, 11) is -2.05. The lowest BCUT2D eigenvalue weighted by Gasteiger charge is -2.39. The summed E-state index contributed by atoms with van der Waals surface area (Å²) in [5, 5.41) is 10.4. The zero-order valence-corrected chi connectivity index (χ0v) is 18.4. The number of benzene rings is 1. The van der Waals surface area contributed by atoms with E-state index in [-0.39, 0.29) is 19.0 Å². The van der Waals surface area contributed by atoms with E-state index in [0.29, 0.717) is 22.2 Å². The van der Waals surface area contributed by atoms with Gasteiger partial charge in [-0.2, -0.15) is 0 Å². The van der Waals surface area contributed by atoms with Crippen LogP contribution in [0, 0.1) is 23.2 Å². The standard InChI is InChI=1S/C22H34FNO2Si/c1-15(2)27(16(3)4,17(5)6)12-11-22(24,19-13-26-14-21(19)25)18-9-7-8-10-20(18)23/h7-10,15-17,19,21,25H,13-14,24H2,1-6H3/t19-,21+,22+/m0/s1. The summed E-state index contributed by atoms with van der Waals surface area (Å²) in [5.41, 5.74) is 10.8. The normalized spacial score (nSPS) is 22.8. The third-order valence-electron chi connectivity index (χ3n) is 6.31. The largest absolute Gasteiger partial charge is 0.390 e. The van der Waals surface area contributed by atoms with E-state index in [0.717, 1.165) is 0 Å². The maximum atomic E-state index is 14.7. The number of aliphatic hydroxyl groups is 1. The molecule has 0 unspecified atom stereocenters. The van der Waals surface area contributed by atoms with Gasteiger partial charge in [0, 0.05) is 11.5 Å². The minimum absolute atomic E-state index is 0.209. The number of rotatable bonds is 5. The summed E-state index contributed by atoms with van der Waals surface area (Å²) in [6.45, 7) is 13.9. The highest BCUT2D eigenvalue weighted by molar-refractivity contribution is 6.90. The molecule has 3 atom stereocenters. The van der Waals surface area contributed by atoms with Crippen molar-refractivity contribution in [2.45, 2.75) is 69.8 Å². The van der Waals surface area contributed by atoms with Crippen LogP contribution in [0.25, 0.3) is 0 Å². The Kier molecular flexibility index (Phi) is 6.91. The Morgan fingerprint density at radius 1 is 1.11 bits per heavy atom. The van der Waals surface area contributed by atoms with E-state index in [9.17, 15) is 9.50 Å². The molecule has 1 aliphatic heterocycles. The molecule has 1 aliphatic rings. The number of ether oxygens (including phenoxy) is 1. The van der Waals surface area contributed by atoms with Crippen LogP contribution in [0.15, 0.2) is 24.3 Å². The van der Waals surface area contributed by atoms with Crippen LogP contribution in [-0.2, 0) is 10.3 Å². The molecule has 1 saturated heterocycles. The molecule has 0 amide bonds. The third-order valence-corrected chi connectivity index (χ3v) is 12.6. The van der Waals surface area contributed by atoms with Gasteiger partial charge in [-0.25, -0.2) is 4.39 Å². The van der Waals surface area contributed by atoms with Gasteiger partial charge in [0.15, 0.2) is 0 Å². The van der Waals surface area contributed by atoms with E-state index in [2.05, 4.69) is 53.0 Å². The van der Waals surface area contributed by atoms with Gasteiger partial charge < -0.3 is 15.6 Å². The van der Waals surface area contributed by atoms with Crippen molar-refractivity contribution in [1.82, 2.24) is 0 Å². The van der Waals surface area contributed by atoms with Gasteiger partial charge >= 0.3 is 0 Å². The third kappa shape index (κ3) is 4.00. The predicted octanol–water partition coefficient (Wildman–Crippen LogP) is 4.21. The molecule has 2 rings (SSSR count). The van der Waals surface area contributed by atoms with Crippen molar-refractivity contribution in [2.75, 3.05) is 13.2 Å². The van der Waals surface area contributed by atoms with Gasteiger partial charge in [0.25, 0.3) is 0 Å². The highest BCUT2D eigenvalue weighted by Crippen LogP contribution is 2.42. The van der Waals surface area contributed by atoms with Gasteiger partial charge in [-0.05, 0) is 22.7 Å². The van der Waals surface area contributed by atoms with Gasteiger partial charge in [-0.3, -0.25) is 0 Å². The number of hydrogen-bond donors (Lipinski definition) is 2. The summed E-state index contributed by atoms with van der Waals surface area (Å²) in [6.07, 6.45) is -0.753. The monoisotopic (exact) mass is 391 g/mol. The summed E-state index contributed by atoms with van der Waals surface area (Å²) < 4.78 is 20.1. The van der Waals surface area contributed by atoms with Crippen molar-refractivity contribution >= 4 is 8.07 Å². The predicted molar refractivity (Wildman–Crippen MR) is 111 cm³/mol. The topological polar surface area (TPSA) is 55.5 Å². The molecular weight excluding hydrogens is 357 g/mol. The number of hydrogen-bond acceptors (Lipinski definition) is 3. The Bertz CT molecular complexity index is 688. The van der Waals surface area contributed by atoms with Crippen LogP contribution < -0.4 is 5.73 Å². The van der Waals surface area contributed by atoms with E-state index in [1.807, 2.05) is 0 Å². The van der Waals surface area contributed by atoms with E-state index in [4.69, 9.17) is 10.5 Å². The molecule has 3 N–H and O–H groups in total. The first-order valence-electron chi connectivity index (χ1n) is 9.91. The summed E-state index contributed by atoms with van der Waals surface area (Å²) in [6, 6.07) is 6.49. The highest BCUT2D eigenvalue weighted by Gasteiger charge is 2.46. The second-order valence-electron chi connectivity index (χ2n) is 8.71. The first-order chi connectivity index (χ1) is 12.6. The number of nitrogens with two attached hydrogens (primary N) is 1. The van der Waals surface area contributed by atoms with Crippen molar-refractivity contribution in [2.24, 2.45) is 11.7 Å². The fourth-order valence-corrected chi connectivity index (χ4v) is 10.1. The molecule has 5 heteroatoms. The first kappa shape index (κ1) is 22.1. The van der Waals surface area contributed by atoms with Crippen molar-refractivity contribution in [1.29, 1.82) is 0 Å². The molecule has 0 saturated carbocycles. The fourth-order valence-electron chi connectivity index (χ4n) is 4.78. The zero-order chi connectivity index (χ0) is 20.4. The molecule has 3 nitrogen and oxygen atoms in total. The summed E-state index contributed by atoms with van der Waals surface area (Å²) >= 11 is 0. The van der Waals surface area contributed by atoms with Crippen molar-refractivity contribution < 1.29 is 14.2 Å². The van der Waals surface area contributed by atoms with Gasteiger partial charge in [0.2, 0.25) is 0 Å². The lowest BCUT2D eigenvalue weighted by molar-refractivity contribution is 0.105. The van der Waals surface area contributed by atoms with Crippen molar-refractivity contribution in [3.63, 3.8) is 0 Å². The van der Waals surface area contributed by atoms with Gasteiger partial charge in [-0.1, -0.05) is 65.7 Å². The Labute approximate surface area is 164 Å². The molecule has 1 aromatic carbocycles. The van der Waals surface area contributed by atoms with Crippen molar-refractivity contribution in [3.05, 3.63) is 35.6 Å². The Hall–Kier alpha value is -1.19. The van der Waals surface area contributed by atoms with E-state index >= 15 is 0 Å². The number of aliphatic hydroxyl groups excluding tert-OH is 1. The van der Waals surface area contributed by atoms with Gasteiger partial charge in [0.1, 0.15) is 19.4 Å². The Morgan fingerprint density at radius 2 is 1.67 bits per heavy atom. The quantitative estimate of drug-likeness (QED) is 0.584. The average molecular weight is 392 g/mol. The summed E-state index contributed by atoms with van der Waals surface area (Å²) in [4.78, 5) is 0. The SMILES string of the molecule is CC(C)[Si](C#C[C@@](N)(c1ccccc1F)[C@H]1COC[C@H]1O)(C(C)C)C(C)C. The van der Waals surface area contributed by atoms with E-state index in [1.54, 1.807) is 18.2 Å². The van der Waals surface area contributed by atoms with Crippen LogP contribution in [0.5, 0.6) is 0 Å². The Balaban J connectivity index is 2.67. The molecule has 0 radical (unpaired) electrons. The van der Waals surface area contributed by atoms with Crippen LogP contribution in [0.2, 0.25) is 16.6 Å². The molecule has 1 fully saturated rings. The van der Waals surface area contributed by atoms with Crippen LogP contribution in [-0.4, -0.2) is 32.5 Å². The second-order valence-corrected chi connectivity index (χ2v) is 14.3. The summed E-state index contributed by atoms with van der Waals surface area (Å²) in [5.74, 6) is 2.47. The van der Waals surface area contributed by atoms with Crippen LogP contribution in [0.3, 0.4) is 0 Å². The molecule has 1 heterocycles. The van der Waals surface area contributed by atoms with Gasteiger partial charge in [0.05, 0.1) is 19.3 Å². The molecular formula is C22H34FNO2Si. The lowest BCUT2D eigenvalue weighted by Crippen LogP contribution is -2.50. The second kappa shape index (κ2) is 8.44. The van der Waals surface area contributed by atoms with Crippen LogP contribution in [0.1, 0.15) is 47.1 Å². The smallest absolute Gasteiger partial charge is 0.146 e. The minimum Gasteiger partial charge on any atom is -0.390 e. The molecule has 0 aliphatic carbocycles. The minimum atomic E-state index is -2.05. The molecule has 0 aromatic heterocycles. The van der Waals surface area contributed by atoms with E-state index in [1.165, 1.54) is 6.07 Å². The molecule has 150 valence electrons. The number of halogens is 1. The first-order valence-corrected chi connectivity index (χ1v) is 12.1. The van der Waals surface area contributed by atoms with Crippen LogP contribution >= 0.6 is 0 Å². The van der Waals surface area contributed by atoms with Crippen LogP contribution in [0.4, 0.5) is 4.39 Å². The maximum Gasteiger partial charge on any atom is 0.146 e. The Morgan fingerprint density at radius 3 is 2.11 bits per heavy atom.